The number of rotatable bonds is 5. The number of carbonyl (C=O) groups is 2. The van der Waals surface area contributed by atoms with Gasteiger partial charge in [0.1, 0.15) is 11.5 Å². The zero-order chi connectivity index (χ0) is 15.9. The van der Waals surface area contributed by atoms with Crippen LogP contribution in [0.15, 0.2) is 48.5 Å². The molecule has 0 unspecified atom stereocenters. The normalized spacial score (nSPS) is 9.91. The minimum absolute atomic E-state index is 0.232. The maximum Gasteiger partial charge on any atom is 0.308 e. The van der Waals surface area contributed by atoms with Gasteiger partial charge in [0.25, 0.3) is 5.91 Å². The number of hydrogen-bond donors (Lipinski definition) is 1. The van der Waals surface area contributed by atoms with Crippen LogP contribution in [0.1, 0.15) is 22.8 Å². The molecule has 0 heterocycles. The van der Waals surface area contributed by atoms with E-state index < -0.39 is 5.97 Å². The van der Waals surface area contributed by atoms with E-state index in [2.05, 4.69) is 5.32 Å². The lowest BCUT2D eigenvalue weighted by molar-refractivity contribution is -0.131. The fourth-order valence-corrected chi connectivity index (χ4v) is 1.89. The van der Waals surface area contributed by atoms with Crippen LogP contribution in [0.3, 0.4) is 0 Å². The lowest BCUT2D eigenvalue weighted by atomic mass is 10.2. The number of esters is 1. The summed E-state index contributed by atoms with van der Waals surface area (Å²) in [6.07, 6.45) is 0. The highest BCUT2D eigenvalue weighted by molar-refractivity contribution is 5.94. The van der Waals surface area contributed by atoms with Gasteiger partial charge in [-0.1, -0.05) is 18.2 Å². The molecule has 0 radical (unpaired) electrons. The Hall–Kier alpha value is -2.82. The predicted octanol–water partition coefficient (Wildman–Crippen LogP) is 2.55. The Morgan fingerprint density at radius 2 is 1.77 bits per heavy atom. The summed E-state index contributed by atoms with van der Waals surface area (Å²) >= 11 is 0. The molecule has 0 aromatic heterocycles. The van der Waals surface area contributed by atoms with Gasteiger partial charge in [0.2, 0.25) is 0 Å². The molecule has 114 valence electrons. The maximum atomic E-state index is 12.1. The van der Waals surface area contributed by atoms with Crippen LogP contribution in [-0.2, 0) is 11.3 Å². The SMILES string of the molecule is COc1ccc(CNC(=O)c2cccc(OC(C)=O)c2)cc1. The molecule has 2 aromatic carbocycles. The van der Waals surface area contributed by atoms with Crippen molar-refractivity contribution in [1.29, 1.82) is 0 Å². The molecule has 0 saturated carbocycles. The molecule has 22 heavy (non-hydrogen) atoms. The molecule has 1 amide bonds. The van der Waals surface area contributed by atoms with Gasteiger partial charge in [-0.05, 0) is 35.9 Å². The number of benzene rings is 2. The highest BCUT2D eigenvalue weighted by atomic mass is 16.5. The summed E-state index contributed by atoms with van der Waals surface area (Å²) in [7, 11) is 1.60. The zero-order valence-corrected chi connectivity index (χ0v) is 12.5. The third-order valence-electron chi connectivity index (χ3n) is 2.97. The molecule has 0 aliphatic heterocycles. The number of nitrogens with one attached hydrogen (secondary N) is 1. The summed E-state index contributed by atoms with van der Waals surface area (Å²) < 4.78 is 10.0. The van der Waals surface area contributed by atoms with Gasteiger partial charge in [-0.25, -0.2) is 0 Å². The molecule has 0 spiro atoms. The fraction of sp³-hybridized carbons (Fsp3) is 0.176. The highest BCUT2D eigenvalue weighted by Gasteiger charge is 2.07. The first-order chi connectivity index (χ1) is 10.6. The molecule has 0 fully saturated rings. The van der Waals surface area contributed by atoms with Crippen molar-refractivity contribution in [2.45, 2.75) is 13.5 Å². The van der Waals surface area contributed by atoms with Crippen LogP contribution in [0.5, 0.6) is 11.5 Å². The minimum Gasteiger partial charge on any atom is -0.497 e. The van der Waals surface area contributed by atoms with Crippen LogP contribution >= 0.6 is 0 Å². The molecule has 2 rings (SSSR count). The Morgan fingerprint density at radius 1 is 1.05 bits per heavy atom. The molecule has 0 aliphatic rings. The predicted molar refractivity (Wildman–Crippen MR) is 81.9 cm³/mol. The van der Waals surface area contributed by atoms with E-state index in [1.165, 1.54) is 13.0 Å². The van der Waals surface area contributed by atoms with Crippen LogP contribution in [0, 0.1) is 0 Å². The summed E-state index contributed by atoms with van der Waals surface area (Å²) in [5.41, 5.74) is 1.40. The topological polar surface area (TPSA) is 64.6 Å². The Labute approximate surface area is 128 Å². The number of carbonyl (C=O) groups excluding carboxylic acids is 2. The second-order valence-electron chi connectivity index (χ2n) is 4.65. The maximum absolute atomic E-state index is 12.1. The fourth-order valence-electron chi connectivity index (χ4n) is 1.89. The minimum atomic E-state index is -0.421. The van der Waals surface area contributed by atoms with E-state index in [0.717, 1.165) is 11.3 Å². The van der Waals surface area contributed by atoms with Gasteiger partial charge in [-0.3, -0.25) is 9.59 Å². The van der Waals surface area contributed by atoms with Crippen molar-refractivity contribution in [3.63, 3.8) is 0 Å². The number of methoxy groups -OCH3 is 1. The Bertz CT molecular complexity index is 665. The van der Waals surface area contributed by atoms with Gasteiger partial charge >= 0.3 is 5.97 Å². The average Bonchev–Trinajstić information content (AvgIpc) is 2.52. The van der Waals surface area contributed by atoms with E-state index in [1.54, 1.807) is 25.3 Å². The third kappa shape index (κ3) is 4.34. The number of ether oxygens (including phenoxy) is 2. The van der Waals surface area contributed by atoms with Gasteiger partial charge in [0.15, 0.2) is 0 Å². The van der Waals surface area contributed by atoms with E-state index in [-0.39, 0.29) is 5.91 Å². The largest absolute Gasteiger partial charge is 0.497 e. The van der Waals surface area contributed by atoms with Crippen LogP contribution < -0.4 is 14.8 Å². The molecule has 2 aromatic rings. The van der Waals surface area contributed by atoms with Gasteiger partial charge in [0, 0.05) is 19.0 Å². The summed E-state index contributed by atoms with van der Waals surface area (Å²) in [6, 6.07) is 13.9. The second-order valence-corrected chi connectivity index (χ2v) is 4.65. The Balaban J connectivity index is 1.97. The molecule has 0 atom stereocenters. The molecule has 5 heteroatoms. The van der Waals surface area contributed by atoms with E-state index >= 15 is 0 Å². The van der Waals surface area contributed by atoms with E-state index in [9.17, 15) is 9.59 Å². The van der Waals surface area contributed by atoms with E-state index in [4.69, 9.17) is 9.47 Å². The van der Waals surface area contributed by atoms with E-state index in [1.807, 2.05) is 24.3 Å². The van der Waals surface area contributed by atoms with Gasteiger partial charge in [-0.2, -0.15) is 0 Å². The Morgan fingerprint density at radius 3 is 2.41 bits per heavy atom. The van der Waals surface area contributed by atoms with Crippen molar-refractivity contribution >= 4 is 11.9 Å². The first-order valence-corrected chi connectivity index (χ1v) is 6.78. The molecule has 5 nitrogen and oxygen atoms in total. The van der Waals surface area contributed by atoms with Crippen molar-refractivity contribution in [3.8, 4) is 11.5 Å². The molecule has 0 saturated heterocycles. The summed E-state index contributed by atoms with van der Waals surface area (Å²) in [4.78, 5) is 23.0. The molecule has 1 N–H and O–H groups in total. The Kier molecular flexibility index (Phi) is 5.14. The lowest BCUT2D eigenvalue weighted by Gasteiger charge is -2.07. The number of hydrogen-bond acceptors (Lipinski definition) is 4. The van der Waals surface area contributed by atoms with Crippen molar-refractivity contribution in [2.24, 2.45) is 0 Å². The van der Waals surface area contributed by atoms with Crippen LogP contribution in [0.4, 0.5) is 0 Å². The van der Waals surface area contributed by atoms with Gasteiger partial charge < -0.3 is 14.8 Å². The third-order valence-corrected chi connectivity index (χ3v) is 2.97. The zero-order valence-electron chi connectivity index (χ0n) is 12.5. The monoisotopic (exact) mass is 299 g/mol. The van der Waals surface area contributed by atoms with Crippen LogP contribution in [0.25, 0.3) is 0 Å². The first-order valence-electron chi connectivity index (χ1n) is 6.78. The van der Waals surface area contributed by atoms with Gasteiger partial charge in [-0.15, -0.1) is 0 Å². The molecule has 0 bridgehead atoms. The second kappa shape index (κ2) is 7.26. The van der Waals surface area contributed by atoms with Crippen molar-refractivity contribution < 1.29 is 19.1 Å². The van der Waals surface area contributed by atoms with Crippen LogP contribution in [-0.4, -0.2) is 19.0 Å². The molecular weight excluding hydrogens is 282 g/mol. The average molecular weight is 299 g/mol. The highest BCUT2D eigenvalue weighted by Crippen LogP contribution is 2.14. The van der Waals surface area contributed by atoms with Crippen LogP contribution in [0.2, 0.25) is 0 Å². The summed E-state index contributed by atoms with van der Waals surface area (Å²) in [5, 5.41) is 2.81. The quantitative estimate of drug-likeness (QED) is 0.680. The lowest BCUT2D eigenvalue weighted by Crippen LogP contribution is -2.22. The van der Waals surface area contributed by atoms with Gasteiger partial charge in [0.05, 0.1) is 7.11 Å². The smallest absolute Gasteiger partial charge is 0.308 e. The molecular formula is C17H17NO4. The van der Waals surface area contributed by atoms with Crippen molar-refractivity contribution in [3.05, 3.63) is 59.7 Å². The standard InChI is InChI=1S/C17H17NO4/c1-12(19)22-16-5-3-4-14(10-16)17(20)18-11-13-6-8-15(21-2)9-7-13/h3-10H,11H2,1-2H3,(H,18,20). The summed E-state index contributed by atoms with van der Waals surface area (Å²) in [5.74, 6) is 0.467. The van der Waals surface area contributed by atoms with Crippen molar-refractivity contribution in [2.75, 3.05) is 7.11 Å². The first kappa shape index (κ1) is 15.6. The van der Waals surface area contributed by atoms with E-state index in [0.29, 0.717) is 17.9 Å². The summed E-state index contributed by atoms with van der Waals surface area (Å²) in [6.45, 7) is 1.72. The number of amides is 1. The van der Waals surface area contributed by atoms with Crippen molar-refractivity contribution in [1.82, 2.24) is 5.32 Å². The molecule has 0 aliphatic carbocycles.